The lowest BCUT2D eigenvalue weighted by atomic mass is 10.0. The molecule has 1 unspecified atom stereocenters. The molecule has 150 valence electrons. The molecule has 1 atom stereocenters. The van der Waals surface area contributed by atoms with Crippen molar-refractivity contribution in [3.05, 3.63) is 47.7 Å². The van der Waals surface area contributed by atoms with Crippen LogP contribution in [-0.4, -0.2) is 42.3 Å². The molecule has 1 aromatic carbocycles. The summed E-state index contributed by atoms with van der Waals surface area (Å²) in [5, 5.41) is 12.0. The quantitative estimate of drug-likeness (QED) is 0.680. The van der Waals surface area contributed by atoms with Crippen molar-refractivity contribution in [1.29, 1.82) is 0 Å². The van der Waals surface area contributed by atoms with Gasteiger partial charge in [0, 0.05) is 23.9 Å². The van der Waals surface area contributed by atoms with Gasteiger partial charge in [0.25, 0.3) is 5.91 Å². The van der Waals surface area contributed by atoms with Crippen LogP contribution in [0.1, 0.15) is 42.2 Å². The minimum atomic E-state index is -1.05. The number of hydrogen-bond donors (Lipinski definition) is 2. The van der Waals surface area contributed by atoms with E-state index in [1.165, 1.54) is 20.4 Å². The topological polar surface area (TPSA) is 107 Å². The lowest BCUT2D eigenvalue weighted by molar-refractivity contribution is -0.137. The van der Waals surface area contributed by atoms with Crippen LogP contribution in [0.3, 0.4) is 0 Å². The maximum atomic E-state index is 12.6. The standard InChI is InChI=1S/C20H24N2O6/c1-12(2)28-18-8-5-13(11-21-18)20(25)22-16(10-19(23)24)15-7-6-14(26-3)9-17(15)27-4/h5-9,11-12,16H,10H2,1-4H3,(H,22,25)(H,23,24). The largest absolute Gasteiger partial charge is 0.497 e. The average Bonchev–Trinajstić information content (AvgIpc) is 2.66. The highest BCUT2D eigenvalue weighted by atomic mass is 16.5. The average molecular weight is 388 g/mol. The molecule has 2 N–H and O–H groups in total. The Morgan fingerprint density at radius 3 is 2.43 bits per heavy atom. The van der Waals surface area contributed by atoms with Gasteiger partial charge in [0.05, 0.1) is 38.3 Å². The second-order valence-electron chi connectivity index (χ2n) is 6.28. The molecule has 1 amide bonds. The van der Waals surface area contributed by atoms with E-state index in [1.807, 2.05) is 13.8 Å². The summed E-state index contributed by atoms with van der Waals surface area (Å²) < 4.78 is 16.0. The molecule has 0 saturated carbocycles. The third kappa shape index (κ3) is 5.60. The van der Waals surface area contributed by atoms with Gasteiger partial charge in [-0.3, -0.25) is 9.59 Å². The van der Waals surface area contributed by atoms with E-state index < -0.39 is 17.9 Å². The van der Waals surface area contributed by atoms with Crippen molar-refractivity contribution >= 4 is 11.9 Å². The Kier molecular flexibility index (Phi) is 7.20. The van der Waals surface area contributed by atoms with Crippen LogP contribution in [0.15, 0.2) is 36.5 Å². The lowest BCUT2D eigenvalue weighted by Gasteiger charge is -2.20. The SMILES string of the molecule is COc1ccc(C(CC(=O)O)NC(=O)c2ccc(OC(C)C)nc2)c(OC)c1. The summed E-state index contributed by atoms with van der Waals surface area (Å²) in [6.07, 6.45) is 1.04. The number of amides is 1. The van der Waals surface area contributed by atoms with Crippen LogP contribution in [-0.2, 0) is 4.79 Å². The van der Waals surface area contributed by atoms with Gasteiger partial charge < -0.3 is 24.6 Å². The number of nitrogens with zero attached hydrogens (tertiary/aromatic N) is 1. The smallest absolute Gasteiger partial charge is 0.305 e. The minimum Gasteiger partial charge on any atom is -0.497 e. The number of aliphatic carboxylic acids is 1. The molecule has 2 aromatic rings. The Hall–Kier alpha value is -3.29. The molecular formula is C20H24N2O6. The van der Waals surface area contributed by atoms with Gasteiger partial charge in [-0.1, -0.05) is 0 Å². The second kappa shape index (κ2) is 9.59. The molecule has 0 aliphatic carbocycles. The number of carbonyl (C=O) groups is 2. The van der Waals surface area contributed by atoms with Crippen LogP contribution >= 0.6 is 0 Å². The molecule has 0 aliphatic heterocycles. The number of nitrogens with one attached hydrogen (secondary N) is 1. The maximum Gasteiger partial charge on any atom is 0.305 e. The predicted octanol–water partition coefficient (Wildman–Crippen LogP) is 2.83. The number of carboxylic acids is 1. The first-order valence-electron chi connectivity index (χ1n) is 8.71. The first-order chi connectivity index (χ1) is 13.3. The number of rotatable bonds is 9. The zero-order valence-corrected chi connectivity index (χ0v) is 16.3. The molecule has 2 rings (SSSR count). The van der Waals surface area contributed by atoms with E-state index in [4.69, 9.17) is 14.2 Å². The fourth-order valence-electron chi connectivity index (χ4n) is 2.59. The summed E-state index contributed by atoms with van der Waals surface area (Å²) in [6.45, 7) is 3.75. The van der Waals surface area contributed by atoms with Gasteiger partial charge >= 0.3 is 5.97 Å². The predicted molar refractivity (Wildman–Crippen MR) is 102 cm³/mol. The van der Waals surface area contributed by atoms with Gasteiger partial charge in [0.2, 0.25) is 5.88 Å². The van der Waals surface area contributed by atoms with E-state index >= 15 is 0 Å². The summed E-state index contributed by atoms with van der Waals surface area (Å²) >= 11 is 0. The van der Waals surface area contributed by atoms with Crippen molar-refractivity contribution in [3.8, 4) is 17.4 Å². The number of carbonyl (C=O) groups excluding carboxylic acids is 1. The zero-order chi connectivity index (χ0) is 20.7. The summed E-state index contributed by atoms with van der Waals surface area (Å²) in [7, 11) is 2.99. The molecule has 1 heterocycles. The fourth-order valence-corrected chi connectivity index (χ4v) is 2.59. The summed E-state index contributed by atoms with van der Waals surface area (Å²) in [4.78, 5) is 28.0. The van der Waals surface area contributed by atoms with E-state index in [0.717, 1.165) is 0 Å². The molecule has 28 heavy (non-hydrogen) atoms. The van der Waals surface area contributed by atoms with Gasteiger partial charge in [-0.05, 0) is 32.0 Å². The molecule has 0 bridgehead atoms. The highest BCUT2D eigenvalue weighted by molar-refractivity contribution is 5.94. The fraction of sp³-hybridized carbons (Fsp3) is 0.350. The van der Waals surface area contributed by atoms with Crippen molar-refractivity contribution in [2.45, 2.75) is 32.4 Å². The van der Waals surface area contributed by atoms with Gasteiger partial charge in [0.1, 0.15) is 11.5 Å². The Balaban J connectivity index is 2.24. The second-order valence-corrected chi connectivity index (χ2v) is 6.28. The number of methoxy groups -OCH3 is 2. The number of aromatic nitrogens is 1. The van der Waals surface area contributed by atoms with Crippen LogP contribution in [0.5, 0.6) is 17.4 Å². The van der Waals surface area contributed by atoms with E-state index in [2.05, 4.69) is 10.3 Å². The molecule has 8 nitrogen and oxygen atoms in total. The van der Waals surface area contributed by atoms with Gasteiger partial charge in [-0.15, -0.1) is 0 Å². The Morgan fingerprint density at radius 2 is 1.89 bits per heavy atom. The molecule has 0 spiro atoms. The highest BCUT2D eigenvalue weighted by Crippen LogP contribution is 2.31. The Labute approximate surface area is 163 Å². The van der Waals surface area contributed by atoms with E-state index in [-0.39, 0.29) is 12.5 Å². The number of ether oxygens (including phenoxy) is 3. The Bertz CT molecular complexity index is 820. The van der Waals surface area contributed by atoms with E-state index in [1.54, 1.807) is 30.3 Å². The zero-order valence-electron chi connectivity index (χ0n) is 16.3. The number of benzene rings is 1. The van der Waals surface area contributed by atoms with E-state index in [9.17, 15) is 14.7 Å². The van der Waals surface area contributed by atoms with E-state index in [0.29, 0.717) is 28.5 Å². The van der Waals surface area contributed by atoms with Crippen LogP contribution in [0.4, 0.5) is 0 Å². The number of carboxylic acid groups (broad SMARTS) is 1. The van der Waals surface area contributed by atoms with Crippen molar-refractivity contribution < 1.29 is 28.9 Å². The Morgan fingerprint density at radius 1 is 1.14 bits per heavy atom. The highest BCUT2D eigenvalue weighted by Gasteiger charge is 2.23. The molecule has 0 fully saturated rings. The third-order valence-corrected chi connectivity index (χ3v) is 3.86. The van der Waals surface area contributed by atoms with Crippen molar-refractivity contribution in [3.63, 3.8) is 0 Å². The molecule has 0 saturated heterocycles. The molecule has 1 aromatic heterocycles. The van der Waals surface area contributed by atoms with Crippen molar-refractivity contribution in [2.24, 2.45) is 0 Å². The normalized spacial score (nSPS) is 11.6. The summed E-state index contributed by atoms with van der Waals surface area (Å²) in [5.41, 5.74) is 0.825. The summed E-state index contributed by atoms with van der Waals surface area (Å²) in [6, 6.07) is 7.35. The van der Waals surface area contributed by atoms with Gasteiger partial charge in [0.15, 0.2) is 0 Å². The lowest BCUT2D eigenvalue weighted by Crippen LogP contribution is -2.30. The number of hydrogen-bond acceptors (Lipinski definition) is 6. The molecule has 8 heteroatoms. The molecule has 0 aliphatic rings. The van der Waals surface area contributed by atoms with Gasteiger partial charge in [-0.25, -0.2) is 4.98 Å². The minimum absolute atomic E-state index is 0.0327. The summed E-state index contributed by atoms with van der Waals surface area (Å²) in [5.74, 6) is -0.115. The van der Waals surface area contributed by atoms with Crippen LogP contribution in [0.25, 0.3) is 0 Å². The third-order valence-electron chi connectivity index (χ3n) is 3.86. The number of pyridine rings is 1. The van der Waals surface area contributed by atoms with Crippen molar-refractivity contribution in [2.75, 3.05) is 14.2 Å². The van der Waals surface area contributed by atoms with Crippen molar-refractivity contribution in [1.82, 2.24) is 10.3 Å². The maximum absolute atomic E-state index is 12.6. The monoisotopic (exact) mass is 388 g/mol. The van der Waals surface area contributed by atoms with Crippen LogP contribution < -0.4 is 19.5 Å². The molecule has 0 radical (unpaired) electrons. The first kappa shape index (κ1) is 21.0. The first-order valence-corrected chi connectivity index (χ1v) is 8.71. The van der Waals surface area contributed by atoms with Crippen LogP contribution in [0, 0.1) is 0 Å². The van der Waals surface area contributed by atoms with Gasteiger partial charge in [-0.2, -0.15) is 0 Å². The molecular weight excluding hydrogens is 364 g/mol. The van der Waals surface area contributed by atoms with Crippen LogP contribution in [0.2, 0.25) is 0 Å².